The van der Waals surface area contributed by atoms with Crippen molar-refractivity contribution in [2.24, 2.45) is 5.73 Å². The molecule has 0 saturated carbocycles. The van der Waals surface area contributed by atoms with Gasteiger partial charge in [0.25, 0.3) is 0 Å². The van der Waals surface area contributed by atoms with Crippen LogP contribution >= 0.6 is 0 Å². The van der Waals surface area contributed by atoms with Gasteiger partial charge in [-0.25, -0.2) is 0 Å². The van der Waals surface area contributed by atoms with E-state index in [0.29, 0.717) is 0 Å². The predicted octanol–water partition coefficient (Wildman–Crippen LogP) is 1.38. The maximum absolute atomic E-state index is 10.9. The molecule has 0 heterocycles. The Morgan fingerprint density at radius 2 is 2.33 bits per heavy atom. The number of allylic oxidation sites excluding steroid dienone is 1. The molecule has 0 aromatic heterocycles. The lowest BCUT2D eigenvalue weighted by molar-refractivity contribution is -0.138. The fraction of sp³-hybridized carbons (Fsp3) is 0.250. The quantitative estimate of drug-likeness (QED) is 0.780. The summed E-state index contributed by atoms with van der Waals surface area (Å²) in [6.07, 6.45) is 5.04. The number of carbonyl (C=O) groups is 1. The summed E-state index contributed by atoms with van der Waals surface area (Å²) in [4.78, 5) is 10.9. The SMILES string of the molecule is NCC(C(=O)O)c1ccc2c(c1)C=CC2. The maximum atomic E-state index is 10.9. The third-order valence-corrected chi connectivity index (χ3v) is 2.74. The summed E-state index contributed by atoms with van der Waals surface area (Å²) in [5.41, 5.74) is 8.61. The monoisotopic (exact) mass is 203 g/mol. The molecule has 1 aromatic rings. The second-order valence-electron chi connectivity index (χ2n) is 3.69. The Morgan fingerprint density at radius 3 is 3.00 bits per heavy atom. The fourth-order valence-electron chi connectivity index (χ4n) is 1.86. The lowest BCUT2D eigenvalue weighted by Gasteiger charge is -2.11. The summed E-state index contributed by atoms with van der Waals surface area (Å²) >= 11 is 0. The fourth-order valence-corrected chi connectivity index (χ4v) is 1.86. The van der Waals surface area contributed by atoms with Crippen molar-refractivity contribution in [1.29, 1.82) is 0 Å². The molecule has 1 aromatic carbocycles. The third kappa shape index (κ3) is 1.78. The zero-order chi connectivity index (χ0) is 10.8. The Kier molecular flexibility index (Phi) is 2.56. The molecule has 78 valence electrons. The second-order valence-corrected chi connectivity index (χ2v) is 3.69. The molecule has 1 unspecified atom stereocenters. The molecule has 0 bridgehead atoms. The van der Waals surface area contributed by atoms with Gasteiger partial charge in [0.15, 0.2) is 0 Å². The van der Waals surface area contributed by atoms with Crippen LogP contribution in [0.3, 0.4) is 0 Å². The molecule has 0 spiro atoms. The largest absolute Gasteiger partial charge is 0.481 e. The van der Waals surface area contributed by atoms with E-state index in [1.54, 1.807) is 0 Å². The molecule has 0 aliphatic heterocycles. The Bertz CT molecular complexity index is 424. The Labute approximate surface area is 88.2 Å². The summed E-state index contributed by atoms with van der Waals surface area (Å²) < 4.78 is 0. The molecule has 15 heavy (non-hydrogen) atoms. The molecule has 2 rings (SSSR count). The van der Waals surface area contributed by atoms with Gasteiger partial charge in [0.2, 0.25) is 0 Å². The van der Waals surface area contributed by atoms with E-state index in [4.69, 9.17) is 10.8 Å². The number of carboxylic acid groups (broad SMARTS) is 1. The predicted molar refractivity (Wildman–Crippen MR) is 58.6 cm³/mol. The van der Waals surface area contributed by atoms with Gasteiger partial charge in [0, 0.05) is 6.54 Å². The van der Waals surface area contributed by atoms with Crippen LogP contribution in [0.1, 0.15) is 22.6 Å². The van der Waals surface area contributed by atoms with Crippen molar-refractivity contribution in [3.63, 3.8) is 0 Å². The summed E-state index contributed by atoms with van der Waals surface area (Å²) in [6, 6.07) is 5.76. The molecule has 0 amide bonds. The van der Waals surface area contributed by atoms with Crippen molar-refractivity contribution in [2.45, 2.75) is 12.3 Å². The molecule has 0 saturated heterocycles. The first-order valence-electron chi connectivity index (χ1n) is 4.94. The van der Waals surface area contributed by atoms with E-state index in [2.05, 4.69) is 6.08 Å². The van der Waals surface area contributed by atoms with Crippen molar-refractivity contribution in [3.05, 3.63) is 41.0 Å². The van der Waals surface area contributed by atoms with Crippen LogP contribution in [0, 0.1) is 0 Å². The average Bonchev–Trinajstić information content (AvgIpc) is 2.65. The third-order valence-electron chi connectivity index (χ3n) is 2.74. The number of rotatable bonds is 3. The Balaban J connectivity index is 2.36. The van der Waals surface area contributed by atoms with Crippen molar-refractivity contribution in [2.75, 3.05) is 6.54 Å². The zero-order valence-electron chi connectivity index (χ0n) is 8.31. The standard InChI is InChI=1S/C12H13NO2/c13-7-11(12(14)15)10-5-4-8-2-1-3-9(8)6-10/h1,3-6,11H,2,7,13H2,(H,14,15). The molecular formula is C12H13NO2. The Morgan fingerprint density at radius 1 is 1.53 bits per heavy atom. The minimum Gasteiger partial charge on any atom is -0.481 e. The van der Waals surface area contributed by atoms with Gasteiger partial charge in [-0.2, -0.15) is 0 Å². The van der Waals surface area contributed by atoms with E-state index < -0.39 is 11.9 Å². The van der Waals surface area contributed by atoms with Crippen LogP contribution < -0.4 is 5.73 Å². The van der Waals surface area contributed by atoms with Crippen LogP contribution in [0.15, 0.2) is 24.3 Å². The summed E-state index contributed by atoms with van der Waals surface area (Å²) in [5.74, 6) is -1.45. The van der Waals surface area contributed by atoms with Gasteiger partial charge in [0.05, 0.1) is 5.92 Å². The highest BCUT2D eigenvalue weighted by atomic mass is 16.4. The van der Waals surface area contributed by atoms with Crippen LogP contribution in [0.5, 0.6) is 0 Å². The molecule has 0 radical (unpaired) electrons. The Hall–Kier alpha value is -1.61. The number of nitrogens with two attached hydrogens (primary N) is 1. The lowest BCUT2D eigenvalue weighted by atomic mass is 9.96. The smallest absolute Gasteiger partial charge is 0.312 e. The van der Waals surface area contributed by atoms with Crippen molar-refractivity contribution in [3.8, 4) is 0 Å². The number of fused-ring (bicyclic) bond motifs is 1. The van der Waals surface area contributed by atoms with Crippen LogP contribution in [-0.2, 0) is 11.2 Å². The van der Waals surface area contributed by atoms with Crippen molar-refractivity contribution in [1.82, 2.24) is 0 Å². The first-order valence-corrected chi connectivity index (χ1v) is 4.94. The highest BCUT2D eigenvalue weighted by molar-refractivity contribution is 5.77. The topological polar surface area (TPSA) is 63.3 Å². The average molecular weight is 203 g/mol. The summed E-state index contributed by atoms with van der Waals surface area (Å²) in [5, 5.41) is 8.98. The van der Waals surface area contributed by atoms with Crippen LogP contribution in [-0.4, -0.2) is 17.6 Å². The van der Waals surface area contributed by atoms with Gasteiger partial charge >= 0.3 is 5.97 Å². The van der Waals surface area contributed by atoms with E-state index in [1.807, 2.05) is 24.3 Å². The van der Waals surface area contributed by atoms with E-state index in [-0.39, 0.29) is 6.54 Å². The van der Waals surface area contributed by atoms with Gasteiger partial charge in [0.1, 0.15) is 0 Å². The number of carboxylic acids is 1. The molecule has 3 nitrogen and oxygen atoms in total. The molecule has 1 aliphatic rings. The summed E-state index contributed by atoms with van der Waals surface area (Å²) in [7, 11) is 0. The van der Waals surface area contributed by atoms with Gasteiger partial charge in [-0.05, 0) is 23.1 Å². The van der Waals surface area contributed by atoms with Gasteiger partial charge in [-0.3, -0.25) is 4.79 Å². The van der Waals surface area contributed by atoms with Crippen LogP contribution in [0.2, 0.25) is 0 Å². The minimum atomic E-state index is -0.862. The van der Waals surface area contributed by atoms with Gasteiger partial charge in [-0.15, -0.1) is 0 Å². The second kappa shape index (κ2) is 3.87. The van der Waals surface area contributed by atoms with E-state index in [1.165, 1.54) is 5.56 Å². The highest BCUT2D eigenvalue weighted by Gasteiger charge is 2.19. The van der Waals surface area contributed by atoms with E-state index >= 15 is 0 Å². The van der Waals surface area contributed by atoms with Gasteiger partial charge < -0.3 is 10.8 Å². The first-order chi connectivity index (χ1) is 7.22. The number of aliphatic carboxylic acids is 1. The van der Waals surface area contributed by atoms with E-state index in [0.717, 1.165) is 17.5 Å². The number of hydrogen-bond acceptors (Lipinski definition) is 2. The molecular weight excluding hydrogens is 190 g/mol. The van der Waals surface area contributed by atoms with Crippen LogP contribution in [0.4, 0.5) is 0 Å². The first kappa shape index (κ1) is 9.93. The molecule has 3 heteroatoms. The molecule has 3 N–H and O–H groups in total. The summed E-state index contributed by atoms with van der Waals surface area (Å²) in [6.45, 7) is 0.137. The molecule has 1 atom stereocenters. The molecule has 0 fully saturated rings. The zero-order valence-corrected chi connectivity index (χ0v) is 8.31. The highest BCUT2D eigenvalue weighted by Crippen LogP contribution is 2.24. The van der Waals surface area contributed by atoms with E-state index in [9.17, 15) is 4.79 Å². The van der Waals surface area contributed by atoms with Crippen LogP contribution in [0.25, 0.3) is 6.08 Å². The number of hydrogen-bond donors (Lipinski definition) is 2. The number of benzene rings is 1. The van der Waals surface area contributed by atoms with Gasteiger partial charge in [-0.1, -0.05) is 30.4 Å². The maximum Gasteiger partial charge on any atom is 0.312 e. The molecule has 1 aliphatic carbocycles. The minimum absolute atomic E-state index is 0.137. The lowest BCUT2D eigenvalue weighted by Crippen LogP contribution is -2.21. The van der Waals surface area contributed by atoms with Crippen molar-refractivity contribution < 1.29 is 9.90 Å². The normalized spacial score (nSPS) is 15.0. The van der Waals surface area contributed by atoms with Crippen molar-refractivity contribution >= 4 is 12.0 Å².